The lowest BCUT2D eigenvalue weighted by molar-refractivity contribution is 0.277. The minimum atomic E-state index is -3.22. The van der Waals surface area contributed by atoms with Crippen LogP contribution in [-0.4, -0.2) is 40.0 Å². The Morgan fingerprint density at radius 3 is 1.80 bits per heavy atom. The van der Waals surface area contributed by atoms with E-state index in [1.54, 1.807) is 30.7 Å². The molecular formula is C15H27NO3S. The molecule has 0 saturated carbocycles. The van der Waals surface area contributed by atoms with Crippen LogP contribution in [0.1, 0.15) is 32.3 Å². The normalized spacial score (nSPS) is 14.8. The highest BCUT2D eigenvalue weighted by atomic mass is 32.2. The first-order valence-electron chi connectivity index (χ1n) is 6.99. The fourth-order valence-electron chi connectivity index (χ4n) is 1.79. The van der Waals surface area contributed by atoms with Gasteiger partial charge in [-0.25, -0.2) is 8.42 Å². The summed E-state index contributed by atoms with van der Waals surface area (Å²) in [6, 6.07) is 7.04. The molecular weight excluding hydrogens is 274 g/mol. The van der Waals surface area contributed by atoms with Crippen LogP contribution in [0, 0.1) is 6.92 Å². The van der Waals surface area contributed by atoms with Gasteiger partial charge in [0.1, 0.15) is 0 Å². The number of nitrogens with zero attached hydrogens (tertiary/aromatic N) is 1. The van der Waals surface area contributed by atoms with Crippen molar-refractivity contribution in [2.24, 2.45) is 0 Å². The summed E-state index contributed by atoms with van der Waals surface area (Å²) in [5, 5.41) is 0. The molecule has 0 spiro atoms. The average molecular weight is 301 g/mol. The van der Waals surface area contributed by atoms with E-state index >= 15 is 0 Å². The molecule has 0 N–H and O–H groups in total. The van der Waals surface area contributed by atoms with Gasteiger partial charge < -0.3 is 4.74 Å². The second-order valence-corrected chi connectivity index (χ2v) is 6.27. The lowest BCUT2D eigenvalue weighted by atomic mass is 10.2. The van der Waals surface area contributed by atoms with Crippen LogP contribution in [-0.2, 0) is 14.8 Å². The van der Waals surface area contributed by atoms with Gasteiger partial charge in [-0.3, -0.25) is 0 Å². The fourth-order valence-corrected chi connectivity index (χ4v) is 3.30. The van der Waals surface area contributed by atoms with E-state index in [9.17, 15) is 8.42 Å². The molecule has 20 heavy (non-hydrogen) atoms. The highest BCUT2D eigenvalue weighted by Crippen LogP contribution is 2.20. The van der Waals surface area contributed by atoms with Crippen molar-refractivity contribution >= 4 is 10.0 Å². The van der Waals surface area contributed by atoms with E-state index in [4.69, 9.17) is 0 Å². The van der Waals surface area contributed by atoms with E-state index in [1.165, 1.54) is 0 Å². The first-order valence-corrected chi connectivity index (χ1v) is 8.43. The van der Waals surface area contributed by atoms with Crippen molar-refractivity contribution in [3.8, 4) is 0 Å². The third-order valence-electron chi connectivity index (χ3n) is 2.72. The Bertz CT molecular complexity index is 449. The van der Waals surface area contributed by atoms with Gasteiger partial charge in [0.15, 0.2) is 0 Å². The van der Waals surface area contributed by atoms with E-state index in [0.29, 0.717) is 18.0 Å². The Morgan fingerprint density at radius 2 is 1.40 bits per heavy atom. The molecule has 1 fully saturated rings. The predicted octanol–water partition coefficient (Wildman–Crippen LogP) is 3.07. The Balaban J connectivity index is 0.000000641. The fraction of sp³-hybridized carbons (Fsp3) is 0.600. The molecule has 1 aliphatic rings. The Kier molecular flexibility index (Phi) is 9.46. The molecule has 1 saturated heterocycles. The van der Waals surface area contributed by atoms with Gasteiger partial charge in [0.05, 0.1) is 4.90 Å². The number of benzene rings is 1. The number of methoxy groups -OCH3 is 1. The van der Waals surface area contributed by atoms with E-state index in [1.807, 2.05) is 32.9 Å². The van der Waals surface area contributed by atoms with Crippen LogP contribution in [0.4, 0.5) is 0 Å². The van der Waals surface area contributed by atoms with Crippen molar-refractivity contribution in [3.05, 3.63) is 29.8 Å². The van der Waals surface area contributed by atoms with Crippen molar-refractivity contribution in [2.45, 2.75) is 38.5 Å². The number of hydrogen-bond acceptors (Lipinski definition) is 3. The van der Waals surface area contributed by atoms with Crippen LogP contribution >= 0.6 is 0 Å². The smallest absolute Gasteiger partial charge is 0.243 e. The van der Waals surface area contributed by atoms with Gasteiger partial charge >= 0.3 is 0 Å². The summed E-state index contributed by atoms with van der Waals surface area (Å²) in [5.74, 6) is 0. The molecule has 0 aliphatic carbocycles. The van der Waals surface area contributed by atoms with E-state index < -0.39 is 10.0 Å². The van der Waals surface area contributed by atoms with Crippen molar-refractivity contribution in [3.63, 3.8) is 0 Å². The number of sulfonamides is 1. The molecule has 2 rings (SSSR count). The summed E-state index contributed by atoms with van der Waals surface area (Å²) in [6.07, 6.45) is 1.95. The molecule has 1 aromatic carbocycles. The molecule has 4 nitrogen and oxygen atoms in total. The second kappa shape index (κ2) is 9.91. The standard InChI is InChI=1S/C11H15NO2S.C2H6O.C2H6/c1-10-4-6-11(7-5-10)15(13,14)12-8-2-3-9-12;1-3-2;1-2/h4-7H,2-3,8-9H2,1H3;1-2H3;1-2H3. The molecule has 1 heterocycles. The molecule has 5 heteroatoms. The van der Waals surface area contributed by atoms with Gasteiger partial charge in [-0.05, 0) is 31.9 Å². The number of aryl methyl sites for hydroxylation is 1. The van der Waals surface area contributed by atoms with Gasteiger partial charge in [0.2, 0.25) is 10.0 Å². The number of hydrogen-bond donors (Lipinski definition) is 0. The quantitative estimate of drug-likeness (QED) is 0.843. The summed E-state index contributed by atoms with van der Waals surface area (Å²) in [4.78, 5) is 0.412. The maximum Gasteiger partial charge on any atom is 0.243 e. The predicted molar refractivity (Wildman–Crippen MR) is 83.5 cm³/mol. The zero-order valence-electron chi connectivity index (χ0n) is 13.2. The minimum Gasteiger partial charge on any atom is -0.388 e. The van der Waals surface area contributed by atoms with Crippen LogP contribution < -0.4 is 0 Å². The Hall–Kier alpha value is -0.910. The van der Waals surface area contributed by atoms with Crippen LogP contribution in [0.15, 0.2) is 29.2 Å². The lowest BCUT2D eigenvalue weighted by Gasteiger charge is -2.15. The first kappa shape index (κ1) is 19.1. The number of rotatable bonds is 2. The maximum atomic E-state index is 12.1. The summed E-state index contributed by atoms with van der Waals surface area (Å²) in [5.41, 5.74) is 1.08. The second-order valence-electron chi connectivity index (χ2n) is 4.33. The van der Waals surface area contributed by atoms with E-state index in [0.717, 1.165) is 18.4 Å². The van der Waals surface area contributed by atoms with Crippen molar-refractivity contribution in [1.82, 2.24) is 4.31 Å². The van der Waals surface area contributed by atoms with Crippen LogP contribution in [0.2, 0.25) is 0 Å². The maximum absolute atomic E-state index is 12.1. The molecule has 116 valence electrons. The minimum absolute atomic E-state index is 0.412. The molecule has 1 aliphatic heterocycles. The topological polar surface area (TPSA) is 46.6 Å². The van der Waals surface area contributed by atoms with Crippen molar-refractivity contribution in [1.29, 1.82) is 0 Å². The van der Waals surface area contributed by atoms with Gasteiger partial charge in [0, 0.05) is 27.3 Å². The van der Waals surface area contributed by atoms with E-state index in [2.05, 4.69) is 4.74 Å². The highest BCUT2D eigenvalue weighted by molar-refractivity contribution is 7.89. The Labute approximate surface area is 123 Å². The summed E-state index contributed by atoms with van der Waals surface area (Å²) < 4.78 is 30.0. The van der Waals surface area contributed by atoms with Gasteiger partial charge in [0.25, 0.3) is 0 Å². The summed E-state index contributed by atoms with van der Waals surface area (Å²) >= 11 is 0. The number of ether oxygens (including phenoxy) is 1. The third kappa shape index (κ3) is 5.61. The molecule has 0 aromatic heterocycles. The van der Waals surface area contributed by atoms with Gasteiger partial charge in [-0.2, -0.15) is 4.31 Å². The summed E-state index contributed by atoms with van der Waals surface area (Å²) in [7, 11) is 0.0279. The van der Waals surface area contributed by atoms with Gasteiger partial charge in [-0.15, -0.1) is 0 Å². The van der Waals surface area contributed by atoms with Crippen LogP contribution in [0.25, 0.3) is 0 Å². The van der Waals surface area contributed by atoms with Gasteiger partial charge in [-0.1, -0.05) is 31.5 Å². The lowest BCUT2D eigenvalue weighted by Crippen LogP contribution is -2.27. The monoisotopic (exact) mass is 301 g/mol. The van der Waals surface area contributed by atoms with E-state index in [-0.39, 0.29) is 0 Å². The van der Waals surface area contributed by atoms with Crippen molar-refractivity contribution < 1.29 is 13.2 Å². The molecule has 0 unspecified atom stereocenters. The molecule has 0 bridgehead atoms. The SMILES string of the molecule is CC.COC.Cc1ccc(S(=O)(=O)N2CCCC2)cc1. The average Bonchev–Trinajstić information content (AvgIpc) is 2.97. The zero-order chi connectivity index (χ0) is 15.6. The first-order chi connectivity index (χ1) is 9.52. The molecule has 1 aromatic rings. The van der Waals surface area contributed by atoms with Crippen LogP contribution in [0.5, 0.6) is 0 Å². The largest absolute Gasteiger partial charge is 0.388 e. The van der Waals surface area contributed by atoms with Crippen LogP contribution in [0.3, 0.4) is 0 Å². The molecule has 0 amide bonds. The Morgan fingerprint density at radius 1 is 1.00 bits per heavy atom. The third-order valence-corrected chi connectivity index (χ3v) is 4.64. The highest BCUT2D eigenvalue weighted by Gasteiger charge is 2.26. The molecule has 0 atom stereocenters. The van der Waals surface area contributed by atoms with Crippen molar-refractivity contribution in [2.75, 3.05) is 27.3 Å². The molecule has 0 radical (unpaired) electrons. The zero-order valence-corrected chi connectivity index (χ0v) is 14.0. The summed E-state index contributed by atoms with van der Waals surface area (Å²) in [6.45, 7) is 7.28.